The van der Waals surface area contributed by atoms with Crippen LogP contribution < -0.4 is 15.8 Å². The number of likely N-dealkylation sites (tertiary alicyclic amines) is 1. The first-order valence-corrected chi connectivity index (χ1v) is 6.53. The number of ether oxygens (including phenoxy) is 1. The fraction of sp³-hybridized carbons (Fsp3) is 0.500. The Hall–Kier alpha value is -1.75. The summed E-state index contributed by atoms with van der Waals surface area (Å²) in [5.41, 5.74) is 6.75. The van der Waals surface area contributed by atoms with Gasteiger partial charge in [0.1, 0.15) is 11.3 Å². The largest absolute Gasteiger partial charge is 0.496 e. The van der Waals surface area contributed by atoms with Crippen LogP contribution in [-0.4, -0.2) is 44.1 Å². The van der Waals surface area contributed by atoms with Gasteiger partial charge in [-0.3, -0.25) is 4.79 Å². The lowest BCUT2D eigenvalue weighted by Gasteiger charge is -2.30. The summed E-state index contributed by atoms with van der Waals surface area (Å²) in [5.74, 6) is 0.358. The molecule has 1 heterocycles. The number of anilines is 1. The van der Waals surface area contributed by atoms with Crippen LogP contribution in [0.5, 0.6) is 5.75 Å². The third-order valence-corrected chi connectivity index (χ3v) is 3.47. The maximum atomic E-state index is 12.3. The van der Waals surface area contributed by atoms with E-state index in [0.29, 0.717) is 17.0 Å². The van der Waals surface area contributed by atoms with Crippen LogP contribution in [0.3, 0.4) is 0 Å². The molecule has 1 saturated heterocycles. The Balaban J connectivity index is 2.11. The number of hydrogen-bond acceptors (Lipinski definition) is 4. The maximum Gasteiger partial charge on any atom is 0.257 e. The number of methoxy groups -OCH3 is 1. The molecule has 1 aromatic carbocycles. The van der Waals surface area contributed by atoms with Gasteiger partial charge in [0.05, 0.1) is 7.11 Å². The summed E-state index contributed by atoms with van der Waals surface area (Å²) in [5, 5.41) is 3.04. The zero-order chi connectivity index (χ0) is 13.8. The first-order chi connectivity index (χ1) is 9.11. The van der Waals surface area contributed by atoms with Crippen molar-refractivity contribution in [1.82, 2.24) is 10.2 Å². The fourth-order valence-electron chi connectivity index (χ4n) is 2.50. The Morgan fingerprint density at radius 2 is 2.32 bits per heavy atom. The molecule has 5 nitrogen and oxygen atoms in total. The lowest BCUT2D eigenvalue weighted by molar-refractivity contribution is 0.0910. The summed E-state index contributed by atoms with van der Waals surface area (Å²) in [7, 11) is 3.61. The van der Waals surface area contributed by atoms with Crippen molar-refractivity contribution in [1.29, 1.82) is 0 Å². The third-order valence-electron chi connectivity index (χ3n) is 3.47. The van der Waals surface area contributed by atoms with E-state index in [0.717, 1.165) is 25.9 Å². The van der Waals surface area contributed by atoms with Crippen LogP contribution >= 0.6 is 0 Å². The van der Waals surface area contributed by atoms with Crippen molar-refractivity contribution >= 4 is 11.6 Å². The summed E-state index contributed by atoms with van der Waals surface area (Å²) in [6.07, 6.45) is 2.11. The van der Waals surface area contributed by atoms with Crippen molar-refractivity contribution in [2.75, 3.05) is 33.0 Å². The van der Waals surface area contributed by atoms with Crippen LogP contribution in [0.1, 0.15) is 23.2 Å². The predicted octanol–water partition coefficient (Wildman–Crippen LogP) is 1.10. The Labute approximate surface area is 113 Å². The van der Waals surface area contributed by atoms with Gasteiger partial charge in [0.15, 0.2) is 0 Å². The Bertz CT molecular complexity index is 462. The van der Waals surface area contributed by atoms with Gasteiger partial charge in [-0.15, -0.1) is 0 Å². The van der Waals surface area contributed by atoms with Crippen molar-refractivity contribution in [3.05, 3.63) is 23.8 Å². The van der Waals surface area contributed by atoms with E-state index in [-0.39, 0.29) is 11.9 Å². The molecule has 0 aliphatic carbocycles. The Kier molecular flexibility index (Phi) is 4.27. The average Bonchev–Trinajstić information content (AvgIpc) is 2.38. The van der Waals surface area contributed by atoms with Gasteiger partial charge in [0.2, 0.25) is 0 Å². The van der Waals surface area contributed by atoms with Crippen LogP contribution in [0, 0.1) is 0 Å². The molecule has 1 unspecified atom stereocenters. The summed E-state index contributed by atoms with van der Waals surface area (Å²) >= 11 is 0. The quantitative estimate of drug-likeness (QED) is 0.801. The van der Waals surface area contributed by atoms with Gasteiger partial charge in [-0.2, -0.15) is 0 Å². The lowest BCUT2D eigenvalue weighted by atomic mass is 10.0. The van der Waals surface area contributed by atoms with E-state index in [2.05, 4.69) is 17.3 Å². The Morgan fingerprint density at radius 1 is 1.53 bits per heavy atom. The second-order valence-electron chi connectivity index (χ2n) is 5.00. The van der Waals surface area contributed by atoms with Crippen molar-refractivity contribution in [3.63, 3.8) is 0 Å². The highest BCUT2D eigenvalue weighted by Gasteiger charge is 2.22. The van der Waals surface area contributed by atoms with Gasteiger partial charge in [0.25, 0.3) is 5.91 Å². The number of piperidine rings is 1. The minimum atomic E-state index is -0.157. The monoisotopic (exact) mass is 263 g/mol. The number of hydrogen-bond donors (Lipinski definition) is 2. The van der Waals surface area contributed by atoms with E-state index in [1.54, 1.807) is 25.3 Å². The van der Waals surface area contributed by atoms with Gasteiger partial charge in [-0.25, -0.2) is 0 Å². The number of nitrogens with one attached hydrogen (secondary N) is 1. The zero-order valence-electron chi connectivity index (χ0n) is 11.5. The molecule has 0 radical (unpaired) electrons. The highest BCUT2D eigenvalue weighted by molar-refractivity contribution is 6.02. The van der Waals surface area contributed by atoms with Gasteiger partial charge >= 0.3 is 0 Å². The summed E-state index contributed by atoms with van der Waals surface area (Å²) in [4.78, 5) is 14.6. The number of rotatable bonds is 3. The first-order valence-electron chi connectivity index (χ1n) is 6.53. The second-order valence-corrected chi connectivity index (χ2v) is 5.00. The zero-order valence-corrected chi connectivity index (χ0v) is 11.5. The van der Waals surface area contributed by atoms with Crippen LogP contribution in [0.25, 0.3) is 0 Å². The lowest BCUT2D eigenvalue weighted by Crippen LogP contribution is -2.46. The Morgan fingerprint density at radius 3 is 3.00 bits per heavy atom. The molecular formula is C14H21N3O2. The molecule has 104 valence electrons. The molecule has 1 amide bonds. The van der Waals surface area contributed by atoms with Gasteiger partial charge < -0.3 is 20.7 Å². The molecule has 0 saturated carbocycles. The van der Waals surface area contributed by atoms with E-state index in [4.69, 9.17) is 10.5 Å². The molecule has 1 fully saturated rings. The number of nitrogens with zero attached hydrogens (tertiary/aromatic N) is 1. The van der Waals surface area contributed by atoms with Crippen LogP contribution in [-0.2, 0) is 0 Å². The van der Waals surface area contributed by atoms with Crippen LogP contribution in [0.2, 0.25) is 0 Å². The fourth-order valence-corrected chi connectivity index (χ4v) is 2.50. The van der Waals surface area contributed by atoms with Crippen molar-refractivity contribution < 1.29 is 9.53 Å². The molecule has 0 spiro atoms. The van der Waals surface area contributed by atoms with Gasteiger partial charge in [-0.1, -0.05) is 6.07 Å². The number of nitrogens with two attached hydrogens (primary N) is 1. The predicted molar refractivity (Wildman–Crippen MR) is 75.4 cm³/mol. The summed E-state index contributed by atoms with van der Waals surface area (Å²) < 4.78 is 5.21. The highest BCUT2D eigenvalue weighted by atomic mass is 16.5. The number of nitrogen functional groups attached to an aromatic ring is 1. The molecule has 2 rings (SSSR count). The standard InChI is InChI=1S/C14H21N3O2/c1-17-8-4-5-10(9-17)16-14(18)13-11(15)6-3-7-12(13)19-2/h3,6-7,10H,4-5,8-9,15H2,1-2H3,(H,16,18). The van der Waals surface area contributed by atoms with E-state index in [1.165, 1.54) is 0 Å². The topological polar surface area (TPSA) is 67.6 Å². The van der Waals surface area contributed by atoms with Crippen molar-refractivity contribution in [2.24, 2.45) is 0 Å². The highest BCUT2D eigenvalue weighted by Crippen LogP contribution is 2.24. The molecule has 0 aromatic heterocycles. The number of likely N-dealkylation sites (N-methyl/N-ethyl adjacent to an activating group) is 1. The molecule has 3 N–H and O–H groups in total. The minimum absolute atomic E-state index is 0.157. The van der Waals surface area contributed by atoms with Crippen molar-refractivity contribution in [3.8, 4) is 5.75 Å². The summed E-state index contributed by atoms with van der Waals surface area (Å²) in [6, 6.07) is 5.41. The normalized spacial score (nSPS) is 20.0. The van der Waals surface area contributed by atoms with Gasteiger partial charge in [-0.05, 0) is 38.6 Å². The maximum absolute atomic E-state index is 12.3. The van der Waals surface area contributed by atoms with E-state index in [9.17, 15) is 4.79 Å². The molecule has 1 aliphatic heterocycles. The number of carbonyl (C=O) groups excluding carboxylic acids is 1. The average molecular weight is 263 g/mol. The van der Waals surface area contributed by atoms with E-state index in [1.807, 2.05) is 0 Å². The first kappa shape index (κ1) is 13.7. The molecule has 0 bridgehead atoms. The van der Waals surface area contributed by atoms with Crippen LogP contribution in [0.15, 0.2) is 18.2 Å². The molecular weight excluding hydrogens is 242 g/mol. The van der Waals surface area contributed by atoms with Crippen molar-refractivity contribution in [2.45, 2.75) is 18.9 Å². The van der Waals surface area contributed by atoms with E-state index < -0.39 is 0 Å². The minimum Gasteiger partial charge on any atom is -0.496 e. The number of amides is 1. The molecule has 1 atom stereocenters. The SMILES string of the molecule is COc1cccc(N)c1C(=O)NC1CCCN(C)C1. The number of benzene rings is 1. The van der Waals surface area contributed by atoms with Gasteiger partial charge in [0, 0.05) is 18.3 Å². The summed E-state index contributed by atoms with van der Waals surface area (Å²) in [6.45, 7) is 1.96. The molecule has 5 heteroatoms. The smallest absolute Gasteiger partial charge is 0.257 e. The van der Waals surface area contributed by atoms with Crippen LogP contribution in [0.4, 0.5) is 5.69 Å². The third kappa shape index (κ3) is 3.17. The second kappa shape index (κ2) is 5.93. The molecule has 1 aromatic rings. The number of carbonyl (C=O) groups is 1. The van der Waals surface area contributed by atoms with E-state index >= 15 is 0 Å². The molecule has 19 heavy (non-hydrogen) atoms. The molecule has 1 aliphatic rings.